The van der Waals surface area contributed by atoms with E-state index in [1.165, 1.54) is 32.1 Å². The van der Waals surface area contributed by atoms with E-state index in [0.29, 0.717) is 5.56 Å². The molecule has 4 aliphatic rings. The molecule has 0 aliphatic carbocycles. The largest absolute Gasteiger partial charge is 0.508 e. The highest BCUT2D eigenvalue weighted by Gasteiger charge is 2.60. The van der Waals surface area contributed by atoms with Crippen LogP contribution >= 0.6 is 0 Å². The van der Waals surface area contributed by atoms with Gasteiger partial charge in [-0.25, -0.2) is 14.7 Å². The molecule has 0 atom stereocenters. The van der Waals surface area contributed by atoms with Crippen LogP contribution in [0.4, 0.5) is 0 Å². The van der Waals surface area contributed by atoms with Gasteiger partial charge in [0.2, 0.25) is 20.0 Å². The molecule has 0 radical (unpaired) electrons. The number of quaternary nitrogens is 3. The first kappa shape index (κ1) is 17.4. The normalized spacial score (nSPS) is 31.6. The topological polar surface area (TPSA) is 78.5 Å². The molecule has 0 unspecified atom stereocenters. The highest BCUT2D eigenvalue weighted by Crippen LogP contribution is 2.24. The summed E-state index contributed by atoms with van der Waals surface area (Å²) in [4.78, 5) is 4.95. The van der Waals surface area contributed by atoms with Crippen molar-refractivity contribution in [3.8, 4) is 11.5 Å². The molecule has 4 heterocycles. The standard InChI is InChI=1S/C21H23N5O2/c27-18-7-6-17(19(28)8-18)9-22-23-20(16-4-2-1-3-5-16)21-10-24-13-25(11-21)15-26(12-21)14-24/h1-9,27-28H,10-15H2/p+3/b22-9+,23-20+. The fourth-order valence-corrected chi connectivity index (χ4v) is 5.35. The van der Waals surface area contributed by atoms with Crippen LogP contribution < -0.4 is 14.7 Å². The average molecular weight is 380 g/mol. The number of hydrogen-bond acceptors (Lipinski definition) is 4. The zero-order valence-electron chi connectivity index (χ0n) is 15.7. The van der Waals surface area contributed by atoms with E-state index in [1.807, 2.05) is 18.2 Å². The maximum atomic E-state index is 9.99. The Morgan fingerprint density at radius 2 is 1.54 bits per heavy atom. The van der Waals surface area contributed by atoms with E-state index in [9.17, 15) is 10.2 Å². The van der Waals surface area contributed by atoms with Crippen molar-refractivity contribution >= 4 is 11.9 Å². The van der Waals surface area contributed by atoms with Crippen molar-refractivity contribution in [2.24, 2.45) is 15.6 Å². The molecular formula is C21H26N5O2+3. The van der Waals surface area contributed by atoms with Gasteiger partial charge in [-0.1, -0.05) is 30.3 Å². The summed E-state index contributed by atoms with van der Waals surface area (Å²) in [5.74, 6) is 0.0273. The molecule has 4 aliphatic heterocycles. The van der Waals surface area contributed by atoms with Gasteiger partial charge in [0.05, 0.1) is 11.9 Å². The molecule has 4 saturated heterocycles. The SMILES string of the molecule is Oc1ccc(/C=N/N=C(\c2ccccc2)C23C[NH+]4C[NH+](C[NH+](C4)C2)C3)c(O)c1. The third-order valence-electron chi connectivity index (χ3n) is 6.18. The highest BCUT2D eigenvalue weighted by atomic mass is 16.3. The van der Waals surface area contributed by atoms with Crippen molar-refractivity contribution in [3.05, 3.63) is 59.7 Å². The molecule has 2 aromatic carbocycles. The van der Waals surface area contributed by atoms with Crippen molar-refractivity contribution in [3.63, 3.8) is 0 Å². The maximum absolute atomic E-state index is 9.99. The van der Waals surface area contributed by atoms with Crippen molar-refractivity contribution in [1.82, 2.24) is 0 Å². The number of hydrogen-bond donors (Lipinski definition) is 5. The van der Waals surface area contributed by atoms with Crippen LogP contribution in [-0.4, -0.2) is 61.8 Å². The first-order valence-electron chi connectivity index (χ1n) is 9.81. The van der Waals surface area contributed by atoms with Crippen LogP contribution in [0, 0.1) is 5.41 Å². The monoisotopic (exact) mass is 380 g/mol. The molecular weight excluding hydrogens is 354 g/mol. The highest BCUT2D eigenvalue weighted by molar-refractivity contribution is 6.05. The molecule has 28 heavy (non-hydrogen) atoms. The van der Waals surface area contributed by atoms with E-state index in [-0.39, 0.29) is 16.9 Å². The summed E-state index contributed by atoms with van der Waals surface area (Å²) in [7, 11) is 0. The van der Waals surface area contributed by atoms with Gasteiger partial charge in [0, 0.05) is 11.6 Å². The van der Waals surface area contributed by atoms with Crippen LogP contribution in [0.2, 0.25) is 0 Å². The van der Waals surface area contributed by atoms with Gasteiger partial charge in [0.25, 0.3) is 0 Å². The Bertz CT molecular complexity index is 906. The van der Waals surface area contributed by atoms with Crippen LogP contribution in [0.3, 0.4) is 0 Å². The van der Waals surface area contributed by atoms with Crippen LogP contribution in [0.25, 0.3) is 0 Å². The Balaban J connectivity index is 1.52. The zero-order chi connectivity index (χ0) is 19.1. The second-order valence-corrected chi connectivity index (χ2v) is 8.39. The summed E-state index contributed by atoms with van der Waals surface area (Å²) in [6.07, 6.45) is 1.56. The van der Waals surface area contributed by atoms with Crippen LogP contribution in [0.5, 0.6) is 11.5 Å². The summed E-state index contributed by atoms with van der Waals surface area (Å²) in [5.41, 5.74) is 2.75. The van der Waals surface area contributed by atoms with Crippen LogP contribution in [-0.2, 0) is 0 Å². The zero-order valence-corrected chi connectivity index (χ0v) is 15.7. The van der Waals surface area contributed by atoms with Gasteiger partial charge in [-0.2, -0.15) is 10.2 Å². The summed E-state index contributed by atoms with van der Waals surface area (Å²) in [5, 5.41) is 28.5. The molecule has 144 valence electrons. The third kappa shape index (κ3) is 3.07. The summed E-state index contributed by atoms with van der Waals surface area (Å²) in [6.45, 7) is 6.93. The molecule has 5 N–H and O–H groups in total. The van der Waals surface area contributed by atoms with Gasteiger partial charge in [0.15, 0.2) is 5.41 Å². The van der Waals surface area contributed by atoms with E-state index < -0.39 is 0 Å². The predicted octanol–water partition coefficient (Wildman–Crippen LogP) is -2.52. The lowest BCUT2D eigenvalue weighted by Crippen LogP contribution is -3.56. The molecule has 7 heteroatoms. The molecule has 4 bridgehead atoms. The lowest BCUT2D eigenvalue weighted by Gasteiger charge is -2.52. The second kappa shape index (κ2) is 6.70. The molecule has 0 aromatic heterocycles. The summed E-state index contributed by atoms with van der Waals surface area (Å²) >= 11 is 0. The number of rotatable bonds is 4. The average Bonchev–Trinajstić information content (AvgIpc) is 2.66. The molecule has 0 amide bonds. The van der Waals surface area contributed by atoms with Gasteiger partial charge >= 0.3 is 0 Å². The minimum atomic E-state index is -0.00307. The number of nitrogens with zero attached hydrogens (tertiary/aromatic N) is 2. The minimum absolute atomic E-state index is 0.00307. The Morgan fingerprint density at radius 1 is 0.893 bits per heavy atom. The number of nitrogens with one attached hydrogen (secondary N) is 3. The predicted molar refractivity (Wildman–Crippen MR) is 105 cm³/mol. The Kier molecular flexibility index (Phi) is 4.16. The van der Waals surface area contributed by atoms with E-state index in [2.05, 4.69) is 17.2 Å². The number of phenols is 2. The number of phenolic OH excluding ortho intramolecular Hbond substituents is 2. The Hall–Kier alpha value is -2.74. The van der Waals surface area contributed by atoms with Gasteiger partial charge < -0.3 is 10.2 Å². The van der Waals surface area contributed by atoms with E-state index in [1.54, 1.807) is 27.0 Å². The van der Waals surface area contributed by atoms with Crippen molar-refractivity contribution in [2.75, 3.05) is 39.6 Å². The first-order chi connectivity index (χ1) is 13.6. The molecule has 0 spiro atoms. The minimum Gasteiger partial charge on any atom is -0.508 e. The smallest absolute Gasteiger partial charge is 0.213 e. The number of benzene rings is 2. The lowest BCUT2D eigenvalue weighted by atomic mass is 9.74. The third-order valence-corrected chi connectivity index (χ3v) is 6.18. The van der Waals surface area contributed by atoms with E-state index in [4.69, 9.17) is 5.10 Å². The van der Waals surface area contributed by atoms with E-state index >= 15 is 0 Å². The quantitative estimate of drug-likeness (QED) is 0.300. The summed E-state index contributed by atoms with van der Waals surface area (Å²) < 4.78 is 0. The van der Waals surface area contributed by atoms with Crippen molar-refractivity contribution < 1.29 is 24.9 Å². The van der Waals surface area contributed by atoms with E-state index in [0.717, 1.165) is 30.9 Å². The van der Waals surface area contributed by atoms with Crippen LogP contribution in [0.15, 0.2) is 58.7 Å². The second-order valence-electron chi connectivity index (χ2n) is 8.39. The van der Waals surface area contributed by atoms with Gasteiger partial charge in [-0.15, -0.1) is 0 Å². The van der Waals surface area contributed by atoms with Gasteiger partial charge in [-0.3, -0.25) is 0 Å². The first-order valence-corrected chi connectivity index (χ1v) is 9.81. The fraction of sp³-hybridized carbons (Fsp3) is 0.333. The Morgan fingerprint density at radius 3 is 2.14 bits per heavy atom. The van der Waals surface area contributed by atoms with Crippen molar-refractivity contribution in [1.29, 1.82) is 0 Å². The molecule has 4 fully saturated rings. The molecule has 0 saturated carbocycles. The lowest BCUT2D eigenvalue weighted by molar-refractivity contribution is -1.30. The maximum Gasteiger partial charge on any atom is 0.213 e. The Labute approximate surface area is 163 Å². The molecule has 2 aromatic rings. The van der Waals surface area contributed by atoms with Crippen molar-refractivity contribution in [2.45, 2.75) is 0 Å². The van der Waals surface area contributed by atoms with Crippen LogP contribution in [0.1, 0.15) is 11.1 Å². The van der Waals surface area contributed by atoms with Gasteiger partial charge in [-0.05, 0) is 17.7 Å². The summed E-state index contributed by atoms with van der Waals surface area (Å²) in [6, 6.07) is 14.8. The fourth-order valence-electron chi connectivity index (χ4n) is 5.35. The number of aromatic hydroxyl groups is 2. The molecule has 6 rings (SSSR count). The molecule has 7 nitrogen and oxygen atoms in total. The van der Waals surface area contributed by atoms with Gasteiger partial charge in [0.1, 0.15) is 31.1 Å².